The smallest absolute Gasteiger partial charge is 0.0795 e. The summed E-state index contributed by atoms with van der Waals surface area (Å²) in [7, 11) is 0. The summed E-state index contributed by atoms with van der Waals surface area (Å²) in [5.74, 6) is 0. The number of thiazole rings is 1. The van der Waals surface area contributed by atoms with Gasteiger partial charge in [-0.3, -0.25) is 0 Å². The summed E-state index contributed by atoms with van der Waals surface area (Å²) >= 11 is 11.2. The SMILES string of the molecule is CC(NCc1cscn1)c1ccc(Br)cc1Cl. The summed E-state index contributed by atoms with van der Waals surface area (Å²) < 4.78 is 0.998. The van der Waals surface area contributed by atoms with Gasteiger partial charge < -0.3 is 5.32 Å². The highest BCUT2D eigenvalue weighted by Gasteiger charge is 2.09. The molecule has 5 heteroatoms. The lowest BCUT2D eigenvalue weighted by molar-refractivity contribution is 0.569. The Morgan fingerprint density at radius 3 is 3.00 bits per heavy atom. The van der Waals surface area contributed by atoms with Crippen LogP contribution in [0.4, 0.5) is 0 Å². The molecule has 0 amide bonds. The molecule has 0 aliphatic carbocycles. The van der Waals surface area contributed by atoms with Crippen LogP contribution in [0.2, 0.25) is 5.02 Å². The molecule has 0 fully saturated rings. The number of halogens is 2. The maximum Gasteiger partial charge on any atom is 0.0795 e. The minimum Gasteiger partial charge on any atom is -0.304 e. The number of rotatable bonds is 4. The minimum atomic E-state index is 0.206. The van der Waals surface area contributed by atoms with Crippen molar-refractivity contribution in [1.29, 1.82) is 0 Å². The van der Waals surface area contributed by atoms with E-state index in [0.717, 1.165) is 27.3 Å². The molecule has 1 N–H and O–H groups in total. The van der Waals surface area contributed by atoms with Gasteiger partial charge in [-0.1, -0.05) is 33.6 Å². The second-order valence-corrected chi connectivity index (χ2v) is 5.79. The van der Waals surface area contributed by atoms with E-state index >= 15 is 0 Å². The topological polar surface area (TPSA) is 24.9 Å². The van der Waals surface area contributed by atoms with E-state index in [1.807, 2.05) is 29.1 Å². The summed E-state index contributed by atoms with van der Waals surface area (Å²) in [6.07, 6.45) is 0. The van der Waals surface area contributed by atoms with Crippen LogP contribution >= 0.6 is 38.9 Å². The van der Waals surface area contributed by atoms with Crippen molar-refractivity contribution in [3.8, 4) is 0 Å². The highest BCUT2D eigenvalue weighted by Crippen LogP contribution is 2.26. The van der Waals surface area contributed by atoms with E-state index in [-0.39, 0.29) is 6.04 Å². The van der Waals surface area contributed by atoms with E-state index in [2.05, 4.69) is 33.2 Å². The second kappa shape index (κ2) is 5.96. The van der Waals surface area contributed by atoms with Crippen molar-refractivity contribution < 1.29 is 0 Å². The summed E-state index contributed by atoms with van der Waals surface area (Å²) in [5, 5.41) is 6.23. The first-order chi connectivity index (χ1) is 8.16. The third-order valence-electron chi connectivity index (χ3n) is 2.50. The molecule has 1 aromatic heterocycles. The van der Waals surface area contributed by atoms with Crippen molar-refractivity contribution in [3.63, 3.8) is 0 Å². The molecule has 0 aliphatic rings. The van der Waals surface area contributed by atoms with Gasteiger partial charge in [-0.05, 0) is 24.6 Å². The molecule has 90 valence electrons. The molecule has 2 rings (SSSR count). The molecule has 1 atom stereocenters. The molecule has 1 aromatic carbocycles. The molecule has 2 aromatic rings. The molecule has 0 radical (unpaired) electrons. The van der Waals surface area contributed by atoms with Gasteiger partial charge in [-0.15, -0.1) is 11.3 Å². The third kappa shape index (κ3) is 3.52. The minimum absolute atomic E-state index is 0.206. The molecule has 0 saturated heterocycles. The van der Waals surface area contributed by atoms with Crippen molar-refractivity contribution in [2.75, 3.05) is 0 Å². The molecule has 0 saturated carbocycles. The van der Waals surface area contributed by atoms with Crippen LogP contribution in [-0.4, -0.2) is 4.98 Å². The highest BCUT2D eigenvalue weighted by molar-refractivity contribution is 9.10. The maximum atomic E-state index is 6.20. The van der Waals surface area contributed by atoms with Gasteiger partial charge in [0.15, 0.2) is 0 Å². The van der Waals surface area contributed by atoms with Gasteiger partial charge in [-0.25, -0.2) is 4.98 Å². The Morgan fingerprint density at radius 2 is 2.35 bits per heavy atom. The molecule has 0 bridgehead atoms. The monoisotopic (exact) mass is 330 g/mol. The van der Waals surface area contributed by atoms with Crippen molar-refractivity contribution >= 4 is 38.9 Å². The van der Waals surface area contributed by atoms with Crippen LogP contribution in [0, 0.1) is 0 Å². The summed E-state index contributed by atoms with van der Waals surface area (Å²) in [6, 6.07) is 6.16. The molecule has 1 heterocycles. The van der Waals surface area contributed by atoms with Crippen molar-refractivity contribution in [1.82, 2.24) is 10.3 Å². The summed E-state index contributed by atoms with van der Waals surface area (Å²) in [5.41, 5.74) is 4.01. The number of nitrogens with zero attached hydrogens (tertiary/aromatic N) is 1. The largest absolute Gasteiger partial charge is 0.304 e. The number of benzene rings is 1. The van der Waals surface area contributed by atoms with Crippen LogP contribution in [0.25, 0.3) is 0 Å². The fraction of sp³-hybridized carbons (Fsp3) is 0.250. The van der Waals surface area contributed by atoms with Crippen LogP contribution in [0.1, 0.15) is 24.2 Å². The lowest BCUT2D eigenvalue weighted by atomic mass is 10.1. The Bertz CT molecular complexity index is 487. The van der Waals surface area contributed by atoms with Gasteiger partial charge in [0.25, 0.3) is 0 Å². The highest BCUT2D eigenvalue weighted by atomic mass is 79.9. The zero-order valence-corrected chi connectivity index (χ0v) is 12.4. The van der Waals surface area contributed by atoms with E-state index in [1.54, 1.807) is 11.3 Å². The summed E-state index contributed by atoms with van der Waals surface area (Å²) in [4.78, 5) is 4.23. The van der Waals surface area contributed by atoms with Crippen LogP contribution in [0.3, 0.4) is 0 Å². The lowest BCUT2D eigenvalue weighted by Crippen LogP contribution is -2.18. The Kier molecular flexibility index (Phi) is 4.56. The van der Waals surface area contributed by atoms with Gasteiger partial charge in [0, 0.05) is 27.5 Å². The van der Waals surface area contributed by atoms with E-state index in [1.165, 1.54) is 0 Å². The average molecular weight is 332 g/mol. The standard InChI is InChI=1S/C12H12BrClN2S/c1-8(15-5-10-6-17-7-16-10)11-3-2-9(13)4-12(11)14/h2-4,6-8,15H,5H2,1H3. The molecular weight excluding hydrogens is 320 g/mol. The number of aromatic nitrogens is 1. The van der Waals surface area contributed by atoms with Crippen molar-refractivity contribution in [3.05, 3.63) is 49.8 Å². The zero-order chi connectivity index (χ0) is 12.3. The van der Waals surface area contributed by atoms with Crippen molar-refractivity contribution in [2.24, 2.45) is 0 Å². The fourth-order valence-electron chi connectivity index (χ4n) is 1.55. The Labute approximate surface area is 118 Å². The van der Waals surface area contributed by atoms with E-state index in [4.69, 9.17) is 11.6 Å². The molecule has 2 nitrogen and oxygen atoms in total. The normalized spacial score (nSPS) is 12.6. The average Bonchev–Trinajstić information content (AvgIpc) is 2.78. The third-order valence-corrected chi connectivity index (χ3v) is 3.96. The Hall–Kier alpha value is -0.420. The first-order valence-electron chi connectivity index (χ1n) is 5.22. The quantitative estimate of drug-likeness (QED) is 0.897. The van der Waals surface area contributed by atoms with Crippen LogP contribution in [0.5, 0.6) is 0 Å². The second-order valence-electron chi connectivity index (χ2n) is 3.75. The first kappa shape index (κ1) is 13.0. The van der Waals surface area contributed by atoms with Crippen LogP contribution < -0.4 is 5.32 Å². The van der Waals surface area contributed by atoms with Crippen LogP contribution in [-0.2, 0) is 6.54 Å². The van der Waals surface area contributed by atoms with E-state index in [9.17, 15) is 0 Å². The Balaban J connectivity index is 2.01. The van der Waals surface area contributed by atoms with Crippen LogP contribution in [0.15, 0.2) is 33.6 Å². The van der Waals surface area contributed by atoms with E-state index < -0.39 is 0 Å². The predicted octanol–water partition coefficient (Wildman–Crippen LogP) is 4.41. The van der Waals surface area contributed by atoms with Gasteiger partial charge in [0.05, 0.1) is 11.2 Å². The van der Waals surface area contributed by atoms with Gasteiger partial charge >= 0.3 is 0 Å². The molecule has 1 unspecified atom stereocenters. The zero-order valence-electron chi connectivity index (χ0n) is 9.28. The van der Waals surface area contributed by atoms with Crippen molar-refractivity contribution in [2.45, 2.75) is 19.5 Å². The molecule has 0 aliphatic heterocycles. The first-order valence-corrected chi connectivity index (χ1v) is 7.33. The lowest BCUT2D eigenvalue weighted by Gasteiger charge is -2.15. The maximum absolute atomic E-state index is 6.20. The summed E-state index contributed by atoms with van der Waals surface area (Å²) in [6.45, 7) is 2.86. The molecule has 17 heavy (non-hydrogen) atoms. The van der Waals surface area contributed by atoms with Gasteiger partial charge in [-0.2, -0.15) is 0 Å². The number of hydrogen-bond donors (Lipinski definition) is 1. The molecular formula is C12H12BrClN2S. The van der Waals surface area contributed by atoms with Gasteiger partial charge in [0.1, 0.15) is 0 Å². The molecule has 0 spiro atoms. The van der Waals surface area contributed by atoms with Gasteiger partial charge in [0.2, 0.25) is 0 Å². The fourth-order valence-corrected chi connectivity index (χ4v) is 2.94. The number of nitrogens with one attached hydrogen (secondary N) is 1. The van der Waals surface area contributed by atoms with E-state index in [0.29, 0.717) is 0 Å². The Morgan fingerprint density at radius 1 is 1.53 bits per heavy atom. The number of hydrogen-bond acceptors (Lipinski definition) is 3. The predicted molar refractivity (Wildman–Crippen MR) is 76.5 cm³/mol.